The van der Waals surface area contributed by atoms with Gasteiger partial charge in [0.25, 0.3) is 11.9 Å². The number of para-hydroxylation sites is 4. The van der Waals surface area contributed by atoms with Gasteiger partial charge in [0.2, 0.25) is 0 Å². The fourth-order valence-electron chi connectivity index (χ4n) is 7.01. The van der Waals surface area contributed by atoms with Crippen molar-refractivity contribution in [1.29, 1.82) is 0 Å². The van der Waals surface area contributed by atoms with E-state index in [1.54, 1.807) is 9.35 Å². The molecule has 446 valence electrons. The van der Waals surface area contributed by atoms with E-state index in [2.05, 4.69) is 31.2 Å². The Labute approximate surface area is 510 Å². The average Bonchev–Trinajstić information content (AvgIpc) is 3.96. The van der Waals surface area contributed by atoms with Crippen molar-refractivity contribution in [3.8, 4) is 23.0 Å². The smallest absolute Gasteiger partial charge is 0.550 e. The number of hydrazone groups is 2. The van der Waals surface area contributed by atoms with Crippen molar-refractivity contribution >= 4 is 58.6 Å². The molecule has 28 nitrogen and oxygen atoms in total. The number of nitrogens with one attached hydrogen (secondary N) is 2. The quantitative estimate of drug-likeness (QED) is 0.215. The second-order valence-corrected chi connectivity index (χ2v) is 16.8. The molecule has 0 bridgehead atoms. The zero-order chi connectivity index (χ0) is 57.0. The number of fused-ring (bicyclic) bond motifs is 6. The van der Waals surface area contributed by atoms with Crippen LogP contribution >= 0.6 is 0 Å². The number of ether oxygens (including phenoxy) is 4. The summed E-state index contributed by atoms with van der Waals surface area (Å²) < 4.78 is 28.3. The molecule has 0 saturated carbocycles. The molecule has 4 aromatic carbocycles. The number of anilines is 2. The van der Waals surface area contributed by atoms with Crippen LogP contribution in [-0.4, -0.2) is 125 Å². The summed E-state index contributed by atoms with van der Waals surface area (Å²) in [7, 11) is 0. The maximum Gasteiger partial charge on any atom is 2.00 e. The summed E-state index contributed by atoms with van der Waals surface area (Å²) in [6, 6.07) is 31.4. The molecule has 0 aliphatic carbocycles. The average molecular weight is 1270 g/mol. The van der Waals surface area contributed by atoms with Gasteiger partial charge < -0.3 is 80.5 Å². The number of carboxylic acid groups (broad SMARTS) is 4. The Hall–Kier alpha value is -8.39. The van der Waals surface area contributed by atoms with Crippen LogP contribution in [0.3, 0.4) is 0 Å². The van der Waals surface area contributed by atoms with Crippen LogP contribution < -0.4 is 50.2 Å². The number of aryl methyl sites for hydroxylation is 2. The molecule has 0 unspecified atom stereocenters. The number of carboxylic acids is 4. The first-order chi connectivity index (χ1) is 37.4. The van der Waals surface area contributed by atoms with Crippen LogP contribution in [0.1, 0.15) is 115 Å². The van der Waals surface area contributed by atoms with E-state index in [0.717, 1.165) is 98.6 Å². The second kappa shape index (κ2) is 42.4. The molecule has 84 heavy (non-hydrogen) atoms. The molecule has 10 N–H and O–H groups in total. The summed E-state index contributed by atoms with van der Waals surface area (Å²) in [5.41, 5.74) is 12.5. The third kappa shape index (κ3) is 27.6. The minimum Gasteiger partial charge on any atom is -0.550 e. The normalized spacial score (nSPS) is 14.9. The molecule has 2 aliphatic heterocycles. The first kappa shape index (κ1) is 79.8. The second-order valence-electron chi connectivity index (χ2n) is 16.8. The summed E-state index contributed by atoms with van der Waals surface area (Å²) in [6.45, 7) is 13.8. The minimum absolute atomic E-state index is 0. The van der Waals surface area contributed by atoms with Crippen molar-refractivity contribution in [1.82, 2.24) is 29.7 Å². The van der Waals surface area contributed by atoms with Crippen LogP contribution in [-0.2, 0) is 71.0 Å². The Morgan fingerprint density at radius 2 is 0.643 bits per heavy atom. The van der Waals surface area contributed by atoms with Gasteiger partial charge in [0, 0.05) is 59.0 Å². The summed E-state index contributed by atoms with van der Waals surface area (Å²) in [4.78, 5) is 35.6. The summed E-state index contributed by atoms with van der Waals surface area (Å²) in [5, 5.41) is 73.4. The van der Waals surface area contributed by atoms with E-state index in [4.69, 9.17) is 79.0 Å². The fourth-order valence-corrected chi connectivity index (χ4v) is 7.01. The maximum atomic E-state index is 8.89. The fraction of sp³-hybridized carbons (Fsp3) is 0.333. The van der Waals surface area contributed by atoms with Gasteiger partial charge in [-0.15, -0.1) is 20.4 Å². The zero-order valence-electron chi connectivity index (χ0n) is 48.1. The van der Waals surface area contributed by atoms with E-state index in [1.165, 1.54) is 0 Å². The van der Waals surface area contributed by atoms with Crippen molar-refractivity contribution in [2.45, 2.75) is 93.9 Å². The van der Waals surface area contributed by atoms with Gasteiger partial charge in [0.05, 0.1) is 49.3 Å². The van der Waals surface area contributed by atoms with E-state index in [-0.39, 0.29) is 60.9 Å². The first-order valence-electron chi connectivity index (χ1n) is 24.6. The monoisotopic (exact) mass is 1270 g/mol. The van der Waals surface area contributed by atoms with Crippen molar-refractivity contribution in [2.75, 3.05) is 37.3 Å². The summed E-state index contributed by atoms with van der Waals surface area (Å²) >= 11 is 0. The van der Waals surface area contributed by atoms with E-state index in [0.29, 0.717) is 85.7 Å². The third-order valence-electron chi connectivity index (χ3n) is 10.3. The topological polar surface area (TPSA) is 458 Å². The maximum absolute atomic E-state index is 8.89. The van der Waals surface area contributed by atoms with Crippen molar-refractivity contribution < 1.29 is 119 Å². The molecule has 6 aromatic rings. The van der Waals surface area contributed by atoms with Crippen LogP contribution in [0.4, 0.5) is 11.9 Å². The molecular formula is C54H70N12O16Zn2. The van der Waals surface area contributed by atoms with Gasteiger partial charge in [-0.25, -0.2) is 10.9 Å². The molecule has 2 aliphatic rings. The van der Waals surface area contributed by atoms with Gasteiger partial charge in [-0.3, -0.25) is 0 Å². The van der Waals surface area contributed by atoms with Crippen LogP contribution in [0.2, 0.25) is 0 Å². The van der Waals surface area contributed by atoms with Gasteiger partial charge in [0.15, 0.2) is 11.6 Å². The van der Waals surface area contributed by atoms with Crippen LogP contribution in [0.15, 0.2) is 117 Å². The van der Waals surface area contributed by atoms with Gasteiger partial charge >= 0.3 is 39.0 Å². The van der Waals surface area contributed by atoms with Crippen LogP contribution in [0.5, 0.6) is 23.0 Å². The molecular weight excluding hydrogens is 1200 g/mol. The van der Waals surface area contributed by atoms with E-state index < -0.39 is 23.9 Å². The Kier molecular flexibility index (Phi) is 40.3. The number of rotatable bonds is 3. The Morgan fingerprint density at radius 1 is 0.417 bits per heavy atom. The number of nitrogens with zero attached hydrogens (tertiary/aromatic N) is 10. The molecule has 0 amide bonds. The Morgan fingerprint density at radius 3 is 0.893 bits per heavy atom. The SMILES string of the molecule is C/C1=N\Nc2nnc(CCc3nnc4n3/N=C(\C)c3ccccc3OCCCCOc3ccccc3/C(C)=N/N4)n2/N=C(\C)c2ccccc2OCCCCOc2ccccc21.CC(=O)[O-].CC(=O)[O-].CC(=O)[O-].CC(=O)[O-].O.O.O.O.[Zn+2].[Zn+2]. The Balaban J connectivity index is -0.00000266. The molecule has 4 heterocycles. The van der Waals surface area contributed by atoms with Crippen LogP contribution in [0.25, 0.3) is 0 Å². The molecule has 8 rings (SSSR count). The Bertz CT molecular complexity index is 2850. The molecule has 2 aromatic heterocycles. The predicted octanol–water partition coefficient (Wildman–Crippen LogP) is -0.305. The summed E-state index contributed by atoms with van der Waals surface area (Å²) in [6.07, 6.45) is 4.03. The largest absolute Gasteiger partial charge is 2.00 e. The zero-order valence-corrected chi connectivity index (χ0v) is 54.0. The number of hydrogen-bond acceptors (Lipinski definition) is 22. The van der Waals surface area contributed by atoms with Crippen molar-refractivity contribution in [2.24, 2.45) is 20.4 Å². The number of aliphatic carboxylic acids is 4. The summed E-state index contributed by atoms with van der Waals surface area (Å²) in [5.74, 6) is 0.393. The number of carbonyl (C=O) groups excluding carboxylic acids is 4. The predicted molar refractivity (Wildman–Crippen MR) is 298 cm³/mol. The van der Waals surface area contributed by atoms with E-state index in [1.807, 2.05) is 125 Å². The van der Waals surface area contributed by atoms with E-state index >= 15 is 0 Å². The minimum atomic E-state index is -1.08. The van der Waals surface area contributed by atoms with Crippen LogP contribution in [0, 0.1) is 0 Å². The van der Waals surface area contributed by atoms with Gasteiger partial charge in [-0.05, 0) is 130 Å². The molecule has 0 spiro atoms. The van der Waals surface area contributed by atoms with Gasteiger partial charge in [-0.1, -0.05) is 48.5 Å². The number of benzene rings is 4. The molecule has 0 fully saturated rings. The number of aromatic nitrogens is 6. The first-order valence-corrected chi connectivity index (χ1v) is 24.6. The standard InChI is InChI=1S/C46H50N12O4.4C2H4O2.4H2O.2Zn/c1-31-35-17-5-9-21-39(35)59-27-13-15-29-61-41-23-11-7-19-37(41)33(3)55-57-43(49-53-45(57)51-47-31)25-26-44-50-54-46-52-48-32(2)36-18-6-10-22-40(36)60-28-14-16-30-62-42-24-12-8-20-38(42)34(4)56-58(44)46;4*1-2(3)4;;;;;;/h5-12,17-24H,13-16,25-30H2,1-4H3,(H,51,53)(H,52,54);4*1H3,(H,3,4);4*1H2;;/q;;;;;;;;;2*+2/p-4/b47-31+,48-32+,55-33+,56-34+;;;;;;;;;;. The van der Waals surface area contributed by atoms with Crippen molar-refractivity contribution in [3.05, 3.63) is 131 Å². The van der Waals surface area contributed by atoms with Gasteiger partial charge in [0.1, 0.15) is 23.0 Å². The number of carbonyl (C=O) groups is 4. The van der Waals surface area contributed by atoms with Crippen molar-refractivity contribution in [3.63, 3.8) is 0 Å². The van der Waals surface area contributed by atoms with Gasteiger partial charge in [-0.2, -0.15) is 29.8 Å². The number of hydrogen-bond donors (Lipinski definition) is 2. The molecule has 30 heteroatoms. The van der Waals surface area contributed by atoms with E-state index in [9.17, 15) is 0 Å². The molecule has 0 saturated heterocycles. The molecule has 0 radical (unpaired) electrons. The molecule has 0 atom stereocenters. The third-order valence-corrected chi connectivity index (χ3v) is 10.3.